The van der Waals surface area contributed by atoms with Gasteiger partial charge in [0.2, 0.25) is 0 Å². The molecule has 0 nitrogen and oxygen atoms in total. The Kier molecular flexibility index (Phi) is 27.4. The molecule has 9 heteroatoms. The Hall–Kier alpha value is -0.0675. The van der Waals surface area contributed by atoms with Crippen molar-refractivity contribution in [3.05, 3.63) is 48.6 Å². The Labute approximate surface area is 135 Å². The third-order valence-electron chi connectivity index (χ3n) is 1.77. The van der Waals surface area contributed by atoms with Crippen LogP contribution in [0.5, 0.6) is 0 Å². The van der Waals surface area contributed by atoms with Gasteiger partial charge >= 0.3 is 17.7 Å². The van der Waals surface area contributed by atoms with E-state index < -0.39 is 17.7 Å². The molecular formula is C12H16CrF6P2. The fourth-order valence-corrected chi connectivity index (χ4v) is 1.08. The molecule has 0 amide bonds. The summed E-state index contributed by atoms with van der Waals surface area (Å²) in [6.45, 7) is 0. The van der Waals surface area contributed by atoms with E-state index in [1.165, 1.54) is 25.7 Å². The molecule has 2 rings (SSSR count). The van der Waals surface area contributed by atoms with Gasteiger partial charge in [-0.05, 0) is 25.7 Å². The van der Waals surface area contributed by atoms with Crippen molar-refractivity contribution >= 4 is 17.7 Å². The first kappa shape index (κ1) is 25.9. The second kappa shape index (κ2) is 22.2. The van der Waals surface area contributed by atoms with Crippen molar-refractivity contribution in [2.24, 2.45) is 0 Å². The average Bonchev–Trinajstić information content (AvgIpc) is 2.42. The minimum Gasteiger partial charge on any atom is -0.152 e. The summed E-state index contributed by atoms with van der Waals surface area (Å²) in [5.41, 5.74) is 0. The van der Waals surface area contributed by atoms with Gasteiger partial charge in [-0.15, -0.1) is 0 Å². The van der Waals surface area contributed by atoms with Crippen molar-refractivity contribution in [1.29, 1.82) is 0 Å². The number of halogens is 6. The van der Waals surface area contributed by atoms with E-state index in [0.717, 1.165) is 0 Å². The molecule has 2 aliphatic rings. The molecular weight excluding hydrogens is 372 g/mol. The van der Waals surface area contributed by atoms with Gasteiger partial charge < -0.3 is 0 Å². The van der Waals surface area contributed by atoms with Gasteiger partial charge in [-0.2, -0.15) is 25.2 Å². The zero-order valence-corrected chi connectivity index (χ0v) is 14.1. The summed E-state index contributed by atoms with van der Waals surface area (Å²) >= 11 is 0. The van der Waals surface area contributed by atoms with E-state index in [2.05, 4.69) is 48.6 Å². The van der Waals surface area contributed by atoms with Gasteiger partial charge in [0.25, 0.3) is 0 Å². The van der Waals surface area contributed by atoms with Crippen molar-refractivity contribution in [2.45, 2.75) is 25.7 Å². The Morgan fingerprint density at radius 2 is 0.619 bits per heavy atom. The van der Waals surface area contributed by atoms with Gasteiger partial charge in [0.15, 0.2) is 0 Å². The maximum absolute atomic E-state index is 9.73. The van der Waals surface area contributed by atoms with E-state index in [-0.39, 0.29) is 17.4 Å². The first-order valence-corrected chi connectivity index (χ1v) is 7.68. The van der Waals surface area contributed by atoms with Gasteiger partial charge in [0, 0.05) is 17.4 Å². The third-order valence-corrected chi connectivity index (χ3v) is 1.77. The molecule has 0 bridgehead atoms. The first-order chi connectivity index (χ1) is 9.46. The predicted molar refractivity (Wildman–Crippen MR) is 75.5 cm³/mol. The molecule has 2 aliphatic carbocycles. The van der Waals surface area contributed by atoms with Crippen LogP contribution in [0.25, 0.3) is 0 Å². The SMILES string of the molecule is C1=CCCC=C1.C1=CCCC=C1.FP(F)F.FP(F)F.[Cr]. The molecule has 0 saturated carbocycles. The maximum Gasteiger partial charge on any atom is 0.456 e. The van der Waals surface area contributed by atoms with Crippen molar-refractivity contribution in [3.8, 4) is 0 Å². The summed E-state index contributed by atoms with van der Waals surface area (Å²) in [5, 5.41) is 0. The minimum atomic E-state index is -4.12. The molecule has 0 heterocycles. The minimum absolute atomic E-state index is 0. The quantitative estimate of drug-likeness (QED) is 0.291. The Morgan fingerprint density at radius 1 is 0.476 bits per heavy atom. The molecule has 0 aliphatic heterocycles. The van der Waals surface area contributed by atoms with E-state index in [9.17, 15) is 25.2 Å². The summed E-state index contributed by atoms with van der Waals surface area (Å²) in [6.07, 6.45) is 22.0. The van der Waals surface area contributed by atoms with E-state index in [1.54, 1.807) is 0 Å². The summed E-state index contributed by atoms with van der Waals surface area (Å²) in [6, 6.07) is 0. The Balaban J connectivity index is -0.000000208. The van der Waals surface area contributed by atoms with E-state index in [0.29, 0.717) is 0 Å². The second-order valence-corrected chi connectivity index (χ2v) is 4.02. The first-order valence-electron chi connectivity index (χ1n) is 5.65. The van der Waals surface area contributed by atoms with Crippen LogP contribution >= 0.6 is 17.7 Å². The van der Waals surface area contributed by atoms with Gasteiger partial charge in [0.1, 0.15) is 0 Å². The third kappa shape index (κ3) is 45.0. The predicted octanol–water partition coefficient (Wildman–Crippen LogP) is 8.03. The molecule has 0 atom stereocenters. The molecule has 0 aromatic rings. The molecule has 122 valence electrons. The molecule has 0 N–H and O–H groups in total. The molecule has 21 heavy (non-hydrogen) atoms. The van der Waals surface area contributed by atoms with Crippen LogP contribution < -0.4 is 0 Å². The largest absolute Gasteiger partial charge is 0.456 e. The van der Waals surface area contributed by atoms with Gasteiger partial charge in [-0.25, -0.2) is 0 Å². The molecule has 0 radical (unpaired) electrons. The van der Waals surface area contributed by atoms with Crippen LogP contribution in [-0.4, -0.2) is 0 Å². The van der Waals surface area contributed by atoms with E-state index in [4.69, 9.17) is 0 Å². The van der Waals surface area contributed by atoms with E-state index in [1.807, 2.05) is 0 Å². The summed E-state index contributed by atoms with van der Waals surface area (Å²) < 4.78 is 58.4. The van der Waals surface area contributed by atoms with Gasteiger partial charge in [-0.3, -0.25) is 0 Å². The number of allylic oxidation sites excluding steroid dienone is 8. The molecule has 0 fully saturated rings. The van der Waals surface area contributed by atoms with Gasteiger partial charge in [0.05, 0.1) is 0 Å². The van der Waals surface area contributed by atoms with Crippen molar-refractivity contribution in [3.63, 3.8) is 0 Å². The molecule has 0 saturated heterocycles. The smallest absolute Gasteiger partial charge is 0.152 e. The second-order valence-electron chi connectivity index (χ2n) is 3.25. The topological polar surface area (TPSA) is 0 Å². The van der Waals surface area contributed by atoms with Crippen LogP contribution in [0.2, 0.25) is 0 Å². The van der Waals surface area contributed by atoms with Crippen molar-refractivity contribution in [1.82, 2.24) is 0 Å². The zero-order valence-electron chi connectivity index (χ0n) is 11.0. The maximum atomic E-state index is 9.73. The summed E-state index contributed by atoms with van der Waals surface area (Å²) in [4.78, 5) is 0. The Bertz CT molecular complexity index is 247. The van der Waals surface area contributed by atoms with Crippen LogP contribution in [0, 0.1) is 0 Å². The zero-order chi connectivity index (χ0) is 15.6. The molecule has 0 aromatic heterocycles. The van der Waals surface area contributed by atoms with Crippen LogP contribution in [0.15, 0.2) is 48.6 Å². The van der Waals surface area contributed by atoms with Crippen LogP contribution in [-0.2, 0) is 17.4 Å². The normalized spacial score (nSPS) is 14.1. The summed E-state index contributed by atoms with van der Waals surface area (Å²) in [5.74, 6) is 0. The van der Waals surface area contributed by atoms with Crippen molar-refractivity contribution < 1.29 is 42.5 Å². The van der Waals surface area contributed by atoms with E-state index >= 15 is 0 Å². The van der Waals surface area contributed by atoms with Gasteiger partial charge in [-0.1, -0.05) is 48.6 Å². The number of hydrogen-bond acceptors (Lipinski definition) is 0. The molecule has 0 spiro atoms. The number of hydrogen-bond donors (Lipinski definition) is 0. The fraction of sp³-hybridized carbons (Fsp3) is 0.333. The van der Waals surface area contributed by atoms with Crippen LogP contribution in [0.3, 0.4) is 0 Å². The standard InChI is InChI=1S/2C6H8.Cr.2F3P/c2*1-2-4-6-5-3-1;;2*1-4(2)3/h2*1-4H,5-6H2;;;. The summed E-state index contributed by atoms with van der Waals surface area (Å²) in [7, 11) is -8.24. The monoisotopic (exact) mass is 388 g/mol. The molecule has 0 aromatic carbocycles. The van der Waals surface area contributed by atoms with Crippen LogP contribution in [0.1, 0.15) is 25.7 Å². The van der Waals surface area contributed by atoms with Crippen LogP contribution in [0.4, 0.5) is 25.2 Å². The average molecular weight is 388 g/mol. The Morgan fingerprint density at radius 3 is 0.667 bits per heavy atom. The molecule has 0 unspecified atom stereocenters. The van der Waals surface area contributed by atoms with Crippen molar-refractivity contribution in [2.75, 3.05) is 0 Å². The number of rotatable bonds is 0. The fourth-order valence-electron chi connectivity index (χ4n) is 1.08.